The molecular weight excluding hydrogens is 318 g/mol. The van der Waals surface area contributed by atoms with Crippen LogP contribution in [0.2, 0.25) is 0 Å². The number of rotatable bonds is 6. The van der Waals surface area contributed by atoms with Crippen molar-refractivity contribution in [1.82, 2.24) is 5.43 Å². The van der Waals surface area contributed by atoms with Crippen LogP contribution < -0.4 is 14.9 Å². The first-order chi connectivity index (χ1) is 11.5. The quantitative estimate of drug-likeness (QED) is 0.653. The van der Waals surface area contributed by atoms with Crippen LogP contribution in [0, 0.1) is 11.6 Å². The van der Waals surface area contributed by atoms with Crippen molar-refractivity contribution in [1.29, 1.82) is 0 Å². The zero-order chi connectivity index (χ0) is 17.5. The van der Waals surface area contributed by atoms with Crippen molar-refractivity contribution >= 4 is 12.1 Å². The second-order valence-corrected chi connectivity index (χ2v) is 4.84. The minimum atomic E-state index is -0.833. The van der Waals surface area contributed by atoms with E-state index in [4.69, 9.17) is 9.47 Å². The zero-order valence-electron chi connectivity index (χ0n) is 13.1. The van der Waals surface area contributed by atoms with Gasteiger partial charge in [0.05, 0.1) is 13.3 Å². The molecule has 0 radical (unpaired) electrons. The standard InChI is InChI=1S/C17H16F2N2O3/c1-11(24-14-6-4-13(18)5-7-14)17(22)21-20-10-12-3-8-16(23-2)15(19)9-12/h3-11H,1-2H3,(H,21,22)/b20-10-/t11-/m1/s1. The van der Waals surface area contributed by atoms with E-state index in [2.05, 4.69) is 10.5 Å². The fourth-order valence-corrected chi connectivity index (χ4v) is 1.80. The van der Waals surface area contributed by atoms with Crippen molar-refractivity contribution in [2.24, 2.45) is 5.10 Å². The Balaban J connectivity index is 1.89. The van der Waals surface area contributed by atoms with Crippen molar-refractivity contribution in [2.75, 3.05) is 7.11 Å². The highest BCUT2D eigenvalue weighted by atomic mass is 19.1. The summed E-state index contributed by atoms with van der Waals surface area (Å²) in [6.07, 6.45) is 0.464. The van der Waals surface area contributed by atoms with Crippen LogP contribution in [0.4, 0.5) is 8.78 Å². The van der Waals surface area contributed by atoms with Gasteiger partial charge in [-0.05, 0) is 55.0 Å². The molecule has 0 aliphatic heterocycles. The molecule has 2 aromatic rings. The molecule has 24 heavy (non-hydrogen) atoms. The number of carbonyl (C=O) groups is 1. The number of nitrogens with one attached hydrogen (secondary N) is 1. The number of methoxy groups -OCH3 is 1. The fraction of sp³-hybridized carbons (Fsp3) is 0.176. The third-order valence-corrected chi connectivity index (χ3v) is 3.06. The Morgan fingerprint density at radius 2 is 1.92 bits per heavy atom. The molecule has 0 saturated carbocycles. The Morgan fingerprint density at radius 3 is 2.54 bits per heavy atom. The Hall–Kier alpha value is -2.96. The molecule has 1 amide bonds. The van der Waals surface area contributed by atoms with Gasteiger partial charge in [0.1, 0.15) is 11.6 Å². The molecule has 7 heteroatoms. The van der Waals surface area contributed by atoms with Gasteiger partial charge in [0.15, 0.2) is 17.7 Å². The predicted molar refractivity (Wildman–Crippen MR) is 85.2 cm³/mol. The van der Waals surface area contributed by atoms with Gasteiger partial charge in [-0.15, -0.1) is 0 Å². The number of carbonyl (C=O) groups excluding carboxylic acids is 1. The largest absolute Gasteiger partial charge is 0.494 e. The minimum absolute atomic E-state index is 0.123. The van der Waals surface area contributed by atoms with Crippen molar-refractivity contribution in [3.63, 3.8) is 0 Å². The molecule has 2 aromatic carbocycles. The lowest BCUT2D eigenvalue weighted by molar-refractivity contribution is -0.127. The summed E-state index contributed by atoms with van der Waals surface area (Å²) in [5.74, 6) is -0.932. The molecule has 0 saturated heterocycles. The summed E-state index contributed by atoms with van der Waals surface area (Å²) >= 11 is 0. The van der Waals surface area contributed by atoms with Crippen LogP contribution >= 0.6 is 0 Å². The first-order valence-electron chi connectivity index (χ1n) is 7.08. The van der Waals surface area contributed by atoms with E-state index in [0.717, 1.165) is 0 Å². The van der Waals surface area contributed by atoms with Gasteiger partial charge in [0.25, 0.3) is 5.91 Å². The summed E-state index contributed by atoms with van der Waals surface area (Å²) in [5.41, 5.74) is 2.75. The summed E-state index contributed by atoms with van der Waals surface area (Å²) in [7, 11) is 1.37. The molecule has 0 heterocycles. The van der Waals surface area contributed by atoms with Crippen molar-refractivity contribution in [3.8, 4) is 11.5 Å². The molecular formula is C17H16F2N2O3. The van der Waals surface area contributed by atoms with Crippen LogP contribution in [0.25, 0.3) is 0 Å². The van der Waals surface area contributed by atoms with E-state index in [1.807, 2.05) is 0 Å². The van der Waals surface area contributed by atoms with Gasteiger partial charge in [-0.1, -0.05) is 0 Å². The lowest BCUT2D eigenvalue weighted by atomic mass is 10.2. The minimum Gasteiger partial charge on any atom is -0.494 e. The van der Waals surface area contributed by atoms with Gasteiger partial charge < -0.3 is 9.47 Å². The normalized spacial score (nSPS) is 12.0. The van der Waals surface area contributed by atoms with E-state index >= 15 is 0 Å². The van der Waals surface area contributed by atoms with Crippen LogP contribution in [-0.4, -0.2) is 25.3 Å². The van der Waals surface area contributed by atoms with E-state index in [9.17, 15) is 13.6 Å². The number of hydrogen-bond acceptors (Lipinski definition) is 4. The highest BCUT2D eigenvalue weighted by Crippen LogP contribution is 2.16. The number of amides is 1. The van der Waals surface area contributed by atoms with Crippen LogP contribution in [0.1, 0.15) is 12.5 Å². The predicted octanol–water partition coefficient (Wildman–Crippen LogP) is 2.89. The molecule has 0 spiro atoms. The van der Waals surface area contributed by atoms with Crippen LogP contribution in [0.5, 0.6) is 11.5 Å². The monoisotopic (exact) mass is 334 g/mol. The second kappa shape index (κ2) is 8.05. The number of nitrogens with zero attached hydrogens (tertiary/aromatic N) is 1. The highest BCUT2D eigenvalue weighted by molar-refractivity contribution is 5.84. The van der Waals surface area contributed by atoms with Gasteiger partial charge in [0.2, 0.25) is 0 Å². The van der Waals surface area contributed by atoms with Crippen molar-refractivity contribution in [2.45, 2.75) is 13.0 Å². The highest BCUT2D eigenvalue weighted by Gasteiger charge is 2.13. The van der Waals surface area contributed by atoms with Gasteiger partial charge in [0, 0.05) is 0 Å². The summed E-state index contributed by atoms with van der Waals surface area (Å²) in [6.45, 7) is 1.53. The molecule has 0 bridgehead atoms. The van der Waals surface area contributed by atoms with E-state index in [1.54, 1.807) is 6.07 Å². The van der Waals surface area contributed by atoms with Crippen LogP contribution in [-0.2, 0) is 4.79 Å². The Morgan fingerprint density at radius 1 is 1.21 bits per heavy atom. The first-order valence-corrected chi connectivity index (χ1v) is 7.08. The number of hydrogen-bond donors (Lipinski definition) is 1. The van der Waals surface area contributed by atoms with E-state index in [0.29, 0.717) is 11.3 Å². The van der Waals surface area contributed by atoms with E-state index in [-0.39, 0.29) is 5.75 Å². The maximum atomic E-state index is 13.5. The Kier molecular flexibility index (Phi) is 5.83. The molecule has 126 valence electrons. The molecule has 0 unspecified atom stereocenters. The summed E-state index contributed by atoms with van der Waals surface area (Å²) in [5, 5.41) is 3.74. The first kappa shape index (κ1) is 17.4. The third kappa shape index (κ3) is 4.77. The topological polar surface area (TPSA) is 59.9 Å². The average molecular weight is 334 g/mol. The second-order valence-electron chi connectivity index (χ2n) is 4.84. The van der Waals surface area contributed by atoms with E-state index in [1.165, 1.54) is 56.6 Å². The van der Waals surface area contributed by atoms with Crippen LogP contribution in [0.3, 0.4) is 0 Å². The molecule has 1 N–H and O–H groups in total. The molecule has 0 aromatic heterocycles. The van der Waals surface area contributed by atoms with Crippen molar-refractivity contribution < 1.29 is 23.0 Å². The lowest BCUT2D eigenvalue weighted by Crippen LogP contribution is -2.33. The summed E-state index contributed by atoms with van der Waals surface area (Å²) in [6, 6.07) is 9.58. The molecule has 0 fully saturated rings. The Labute approximate surface area is 137 Å². The zero-order valence-corrected chi connectivity index (χ0v) is 13.1. The molecule has 0 aliphatic rings. The summed E-state index contributed by atoms with van der Waals surface area (Å²) in [4.78, 5) is 11.9. The van der Waals surface area contributed by atoms with Gasteiger partial charge >= 0.3 is 0 Å². The van der Waals surface area contributed by atoms with Crippen molar-refractivity contribution in [3.05, 3.63) is 59.7 Å². The Bertz CT molecular complexity index is 733. The smallest absolute Gasteiger partial charge is 0.280 e. The van der Waals surface area contributed by atoms with E-state index < -0.39 is 23.6 Å². The van der Waals surface area contributed by atoms with Gasteiger partial charge in [-0.25, -0.2) is 14.2 Å². The maximum Gasteiger partial charge on any atom is 0.280 e. The molecule has 5 nitrogen and oxygen atoms in total. The van der Waals surface area contributed by atoms with Gasteiger partial charge in [-0.3, -0.25) is 4.79 Å². The maximum absolute atomic E-state index is 13.5. The third-order valence-electron chi connectivity index (χ3n) is 3.06. The number of ether oxygens (including phenoxy) is 2. The molecule has 1 atom stereocenters. The lowest BCUT2D eigenvalue weighted by Gasteiger charge is -2.12. The summed E-state index contributed by atoms with van der Waals surface area (Å²) < 4.78 is 36.5. The molecule has 2 rings (SSSR count). The van der Waals surface area contributed by atoms with Gasteiger partial charge in [-0.2, -0.15) is 5.10 Å². The number of hydrazone groups is 1. The average Bonchev–Trinajstić information content (AvgIpc) is 2.57. The van der Waals surface area contributed by atoms with Crippen LogP contribution in [0.15, 0.2) is 47.6 Å². The number of benzene rings is 2. The number of halogens is 2. The SMILES string of the molecule is COc1ccc(/C=N\NC(=O)[C@@H](C)Oc2ccc(F)cc2)cc1F. The fourth-order valence-electron chi connectivity index (χ4n) is 1.80. The molecule has 0 aliphatic carbocycles.